The molecule has 6 bridgehead atoms. The smallest absolute Gasteiger partial charge is 0.237 e. The van der Waals surface area contributed by atoms with Gasteiger partial charge in [0.15, 0.2) is 0 Å². The summed E-state index contributed by atoms with van der Waals surface area (Å²) in [6, 6.07) is 0.123. The van der Waals surface area contributed by atoms with Crippen LogP contribution in [-0.4, -0.2) is 50.2 Å². The zero-order valence-electron chi connectivity index (χ0n) is 15.4. The number of piperidine rings is 3. The summed E-state index contributed by atoms with van der Waals surface area (Å²) >= 11 is 0. The first-order valence-electron chi connectivity index (χ1n) is 10.5. The van der Waals surface area contributed by atoms with E-state index in [2.05, 4.69) is 25.0 Å². The molecule has 0 radical (unpaired) electrons. The summed E-state index contributed by atoms with van der Waals surface area (Å²) in [6.45, 7) is 2.23. The second kappa shape index (κ2) is 5.31. The van der Waals surface area contributed by atoms with Crippen LogP contribution in [0.1, 0.15) is 57.8 Å². The van der Waals surface area contributed by atoms with Crippen LogP contribution in [-0.2, 0) is 10.3 Å². The van der Waals surface area contributed by atoms with Crippen LogP contribution in [0.5, 0.6) is 0 Å². The van der Waals surface area contributed by atoms with E-state index >= 15 is 0 Å². The molecule has 7 aliphatic rings. The van der Waals surface area contributed by atoms with Gasteiger partial charge in [-0.25, -0.2) is 9.67 Å². The molecule has 1 N–H and O–H groups in total. The van der Waals surface area contributed by atoms with Crippen molar-refractivity contribution in [3.05, 3.63) is 12.7 Å². The van der Waals surface area contributed by atoms with Crippen LogP contribution in [0, 0.1) is 17.8 Å². The number of amides is 1. The van der Waals surface area contributed by atoms with Crippen LogP contribution >= 0.6 is 0 Å². The van der Waals surface area contributed by atoms with Gasteiger partial charge < -0.3 is 5.32 Å². The predicted molar refractivity (Wildman–Crippen MR) is 96.3 cm³/mol. The summed E-state index contributed by atoms with van der Waals surface area (Å²) < 4.78 is 2.12. The zero-order valence-corrected chi connectivity index (χ0v) is 15.4. The van der Waals surface area contributed by atoms with Crippen LogP contribution in [0.15, 0.2) is 12.7 Å². The molecule has 6 heteroatoms. The van der Waals surface area contributed by atoms with Crippen LogP contribution in [0.25, 0.3) is 0 Å². The van der Waals surface area contributed by atoms with Crippen molar-refractivity contribution in [2.45, 2.75) is 74.9 Å². The molecule has 1 amide bonds. The number of aromatic nitrogens is 3. The lowest BCUT2D eigenvalue weighted by molar-refractivity contribution is -0.139. The highest BCUT2D eigenvalue weighted by Gasteiger charge is 2.59. The summed E-state index contributed by atoms with van der Waals surface area (Å²) in [5.41, 5.74) is 0.0741. The Morgan fingerprint density at radius 1 is 1.04 bits per heavy atom. The van der Waals surface area contributed by atoms with E-state index < -0.39 is 0 Å². The average molecular weight is 355 g/mol. The molecule has 140 valence electrons. The highest BCUT2D eigenvalue weighted by molar-refractivity contribution is 5.83. The number of nitrogens with one attached hydrogen (secondary N) is 1. The summed E-state index contributed by atoms with van der Waals surface area (Å²) in [5.74, 6) is 2.53. The third-order valence-electron chi connectivity index (χ3n) is 8.27. The Morgan fingerprint density at radius 2 is 1.81 bits per heavy atom. The number of fused-ring (bicyclic) bond motifs is 3. The summed E-state index contributed by atoms with van der Waals surface area (Å²) in [5, 5.41) is 8.15. The van der Waals surface area contributed by atoms with E-state index in [4.69, 9.17) is 0 Å². The molecule has 3 atom stereocenters. The van der Waals surface area contributed by atoms with Gasteiger partial charge in [0, 0.05) is 5.54 Å². The highest BCUT2D eigenvalue weighted by atomic mass is 16.2. The Labute approximate surface area is 154 Å². The quantitative estimate of drug-likeness (QED) is 0.900. The Kier molecular flexibility index (Phi) is 3.19. The van der Waals surface area contributed by atoms with E-state index in [0.29, 0.717) is 5.91 Å². The van der Waals surface area contributed by atoms with Gasteiger partial charge in [0.2, 0.25) is 5.91 Å². The van der Waals surface area contributed by atoms with Crippen molar-refractivity contribution in [2.24, 2.45) is 17.8 Å². The van der Waals surface area contributed by atoms with Gasteiger partial charge in [-0.3, -0.25) is 9.69 Å². The third-order valence-corrected chi connectivity index (χ3v) is 8.27. The van der Waals surface area contributed by atoms with Gasteiger partial charge in [0.05, 0.1) is 11.6 Å². The summed E-state index contributed by atoms with van der Waals surface area (Å²) in [6.07, 6.45) is 14.3. The van der Waals surface area contributed by atoms with Crippen LogP contribution in [0.4, 0.5) is 0 Å². The van der Waals surface area contributed by atoms with Gasteiger partial charge in [-0.15, -0.1) is 0 Å². The molecule has 4 saturated carbocycles. The lowest BCUT2D eigenvalue weighted by atomic mass is 9.50. The lowest BCUT2D eigenvalue weighted by Crippen LogP contribution is -2.68. The molecule has 4 aliphatic carbocycles. The van der Waals surface area contributed by atoms with Crippen molar-refractivity contribution in [2.75, 3.05) is 13.1 Å². The monoisotopic (exact) mass is 355 g/mol. The number of carbonyl (C=O) groups excluding carboxylic acids is 1. The first-order chi connectivity index (χ1) is 12.6. The second-order valence-corrected chi connectivity index (χ2v) is 10.0. The first kappa shape index (κ1) is 15.6. The molecule has 26 heavy (non-hydrogen) atoms. The number of hydrogen-bond donors (Lipinski definition) is 1. The fourth-order valence-electron chi connectivity index (χ4n) is 7.66. The van der Waals surface area contributed by atoms with E-state index in [1.807, 2.05) is 6.33 Å². The van der Waals surface area contributed by atoms with Gasteiger partial charge in [-0.05, 0) is 88.6 Å². The van der Waals surface area contributed by atoms with E-state index in [0.717, 1.165) is 43.7 Å². The zero-order chi connectivity index (χ0) is 17.4. The van der Waals surface area contributed by atoms with Crippen molar-refractivity contribution < 1.29 is 4.79 Å². The first-order valence-corrected chi connectivity index (χ1v) is 10.5. The maximum Gasteiger partial charge on any atom is 0.237 e. The highest BCUT2D eigenvalue weighted by Crippen LogP contribution is 2.60. The number of hydrogen-bond acceptors (Lipinski definition) is 4. The fourth-order valence-corrected chi connectivity index (χ4v) is 7.66. The van der Waals surface area contributed by atoms with Gasteiger partial charge in [-0.2, -0.15) is 5.10 Å². The molecule has 4 heterocycles. The normalized spacial score (nSPS) is 48.7. The second-order valence-electron chi connectivity index (χ2n) is 10.0. The lowest BCUT2D eigenvalue weighted by Gasteiger charge is -2.62. The van der Waals surface area contributed by atoms with E-state index in [-0.39, 0.29) is 17.1 Å². The molecule has 7 fully saturated rings. The molecule has 0 spiro atoms. The minimum absolute atomic E-state index is 0.00900. The molecule has 6 nitrogen and oxygen atoms in total. The molecule has 1 aromatic rings. The Hall–Kier alpha value is -1.43. The number of nitrogens with zero attached hydrogens (tertiary/aromatic N) is 4. The predicted octanol–water partition coefficient (Wildman–Crippen LogP) is 1.93. The fraction of sp³-hybridized carbons (Fsp3) is 0.850. The van der Waals surface area contributed by atoms with Gasteiger partial charge in [0.25, 0.3) is 0 Å². The van der Waals surface area contributed by atoms with E-state index in [9.17, 15) is 4.79 Å². The third kappa shape index (κ3) is 2.23. The average Bonchev–Trinajstić information content (AvgIpc) is 3.17. The molecule has 3 saturated heterocycles. The number of carbonyl (C=O) groups is 1. The summed E-state index contributed by atoms with van der Waals surface area (Å²) in [4.78, 5) is 19.9. The molecular weight excluding hydrogens is 326 g/mol. The topological polar surface area (TPSA) is 63.1 Å². The van der Waals surface area contributed by atoms with Crippen molar-refractivity contribution in [3.8, 4) is 0 Å². The maximum atomic E-state index is 13.3. The standard InChI is InChI=1S/C20H29N5O/c26-18(17-6-14-1-3-24(17)4-2-14)23-19-7-15-5-16(8-19)10-20(9-15,11-19)25-13-21-12-22-25/h12-17H,1-11H2,(H,23,26). The van der Waals surface area contributed by atoms with Gasteiger partial charge >= 0.3 is 0 Å². The Morgan fingerprint density at radius 3 is 2.42 bits per heavy atom. The minimum atomic E-state index is -0.00900. The van der Waals surface area contributed by atoms with Crippen LogP contribution < -0.4 is 5.32 Å². The molecule has 8 rings (SSSR count). The molecule has 0 aromatic carbocycles. The van der Waals surface area contributed by atoms with E-state index in [1.54, 1.807) is 6.33 Å². The maximum absolute atomic E-state index is 13.3. The molecule has 3 aliphatic heterocycles. The Bertz CT molecular complexity index is 694. The van der Waals surface area contributed by atoms with Crippen molar-refractivity contribution >= 4 is 5.91 Å². The molecule has 3 unspecified atom stereocenters. The van der Waals surface area contributed by atoms with Gasteiger partial charge in [-0.1, -0.05) is 0 Å². The van der Waals surface area contributed by atoms with Crippen molar-refractivity contribution in [1.29, 1.82) is 0 Å². The summed E-state index contributed by atoms with van der Waals surface area (Å²) in [7, 11) is 0. The molecule has 1 aromatic heterocycles. The largest absolute Gasteiger partial charge is 0.349 e. The molecular formula is C20H29N5O. The Balaban J connectivity index is 1.27. The van der Waals surface area contributed by atoms with Gasteiger partial charge in [0.1, 0.15) is 12.7 Å². The number of rotatable bonds is 3. The minimum Gasteiger partial charge on any atom is -0.349 e. The van der Waals surface area contributed by atoms with Crippen LogP contribution in [0.2, 0.25) is 0 Å². The van der Waals surface area contributed by atoms with Crippen LogP contribution in [0.3, 0.4) is 0 Å². The van der Waals surface area contributed by atoms with Crippen molar-refractivity contribution in [3.63, 3.8) is 0 Å². The van der Waals surface area contributed by atoms with Crippen molar-refractivity contribution in [1.82, 2.24) is 25.0 Å². The SMILES string of the molecule is O=C(NC12CC3CC(C1)CC(n1cncn1)(C3)C2)C1CC2CCN1CC2. The van der Waals surface area contributed by atoms with E-state index in [1.165, 1.54) is 44.9 Å².